The first-order valence-electron chi connectivity index (χ1n) is 6.53. The van der Waals surface area contributed by atoms with Gasteiger partial charge in [-0.2, -0.15) is 0 Å². The Morgan fingerprint density at radius 3 is 2.75 bits per heavy atom. The zero-order valence-corrected chi connectivity index (χ0v) is 14.4. The molecule has 1 nitrogen and oxygen atoms in total. The summed E-state index contributed by atoms with van der Waals surface area (Å²) in [6, 6.07) is 12.5. The van der Waals surface area contributed by atoms with E-state index in [0.717, 1.165) is 28.1 Å². The van der Waals surface area contributed by atoms with Gasteiger partial charge in [-0.05, 0) is 43.3 Å². The summed E-state index contributed by atoms with van der Waals surface area (Å²) >= 11 is 15.5. The fourth-order valence-corrected chi connectivity index (χ4v) is 4.37. The summed E-state index contributed by atoms with van der Waals surface area (Å²) in [6.45, 7) is 3.11. The maximum Gasteiger partial charge on any atom is 0.0931 e. The van der Waals surface area contributed by atoms with Gasteiger partial charge in [0.05, 0.1) is 4.34 Å². The van der Waals surface area contributed by atoms with E-state index in [1.54, 1.807) is 11.3 Å². The van der Waals surface area contributed by atoms with E-state index < -0.39 is 0 Å². The standard InChI is InChI=1S/C15H17Cl2NS2/c1-2-18-12(9-14-6-7-15(17)20-14)10-19-13-5-3-4-11(16)8-13/h3-8,12,18H,2,9-10H2,1H3. The minimum Gasteiger partial charge on any atom is -0.313 e. The highest BCUT2D eigenvalue weighted by atomic mass is 35.5. The molecule has 0 aliphatic rings. The summed E-state index contributed by atoms with van der Waals surface area (Å²) in [7, 11) is 0. The number of halogens is 2. The lowest BCUT2D eigenvalue weighted by Crippen LogP contribution is -2.32. The molecule has 0 amide bonds. The van der Waals surface area contributed by atoms with Gasteiger partial charge >= 0.3 is 0 Å². The first kappa shape index (κ1) is 16.2. The second-order valence-corrected chi connectivity index (χ2v) is 7.76. The number of thiophene rings is 1. The number of hydrogen-bond acceptors (Lipinski definition) is 3. The van der Waals surface area contributed by atoms with Gasteiger partial charge in [0, 0.05) is 26.6 Å². The molecule has 1 aromatic heterocycles. The van der Waals surface area contributed by atoms with Crippen LogP contribution in [-0.2, 0) is 6.42 Å². The minimum atomic E-state index is 0.443. The molecule has 20 heavy (non-hydrogen) atoms. The first-order chi connectivity index (χ1) is 9.67. The van der Waals surface area contributed by atoms with Crippen molar-refractivity contribution >= 4 is 46.3 Å². The Morgan fingerprint density at radius 1 is 1.25 bits per heavy atom. The normalized spacial score (nSPS) is 12.6. The van der Waals surface area contributed by atoms with Gasteiger partial charge in [-0.15, -0.1) is 23.1 Å². The molecule has 0 fully saturated rings. The molecule has 1 aromatic carbocycles. The van der Waals surface area contributed by atoms with Crippen LogP contribution in [0.2, 0.25) is 9.36 Å². The zero-order valence-electron chi connectivity index (χ0n) is 11.2. The summed E-state index contributed by atoms with van der Waals surface area (Å²) in [6.07, 6.45) is 1.01. The molecule has 0 saturated carbocycles. The second kappa shape index (κ2) is 8.30. The van der Waals surface area contributed by atoms with Crippen LogP contribution in [0.5, 0.6) is 0 Å². The van der Waals surface area contributed by atoms with E-state index in [0.29, 0.717) is 6.04 Å². The third-order valence-electron chi connectivity index (χ3n) is 2.82. The fraction of sp³-hybridized carbons (Fsp3) is 0.333. The number of benzene rings is 1. The molecule has 0 saturated heterocycles. The summed E-state index contributed by atoms with van der Waals surface area (Å²) in [5, 5.41) is 4.33. The molecular weight excluding hydrogens is 329 g/mol. The molecule has 1 N–H and O–H groups in total. The molecular formula is C15H17Cl2NS2. The van der Waals surface area contributed by atoms with Crippen molar-refractivity contribution in [2.75, 3.05) is 12.3 Å². The van der Waals surface area contributed by atoms with E-state index in [-0.39, 0.29) is 0 Å². The quantitative estimate of drug-likeness (QED) is 0.677. The molecule has 108 valence electrons. The number of rotatable bonds is 7. The van der Waals surface area contributed by atoms with E-state index >= 15 is 0 Å². The molecule has 1 unspecified atom stereocenters. The Bertz CT molecular complexity index is 542. The van der Waals surface area contributed by atoms with Gasteiger partial charge in [0.2, 0.25) is 0 Å². The fourth-order valence-electron chi connectivity index (χ4n) is 1.94. The van der Waals surface area contributed by atoms with Crippen molar-refractivity contribution < 1.29 is 0 Å². The van der Waals surface area contributed by atoms with Crippen LogP contribution in [0, 0.1) is 0 Å². The average Bonchev–Trinajstić information content (AvgIpc) is 2.82. The summed E-state index contributed by atoms with van der Waals surface area (Å²) in [5.74, 6) is 1.02. The van der Waals surface area contributed by atoms with Crippen LogP contribution in [0.15, 0.2) is 41.3 Å². The number of hydrogen-bond donors (Lipinski definition) is 1. The first-order valence-corrected chi connectivity index (χ1v) is 9.09. The summed E-state index contributed by atoms with van der Waals surface area (Å²) in [5.41, 5.74) is 0. The maximum atomic E-state index is 6.01. The zero-order chi connectivity index (χ0) is 14.4. The van der Waals surface area contributed by atoms with Crippen molar-refractivity contribution in [1.82, 2.24) is 5.32 Å². The predicted molar refractivity (Wildman–Crippen MR) is 92.7 cm³/mol. The van der Waals surface area contributed by atoms with E-state index in [1.165, 1.54) is 9.77 Å². The maximum absolute atomic E-state index is 6.01. The van der Waals surface area contributed by atoms with Crippen LogP contribution in [0.3, 0.4) is 0 Å². The van der Waals surface area contributed by atoms with Gasteiger partial charge in [-0.1, -0.05) is 36.2 Å². The van der Waals surface area contributed by atoms with Gasteiger partial charge in [0.1, 0.15) is 0 Å². The smallest absolute Gasteiger partial charge is 0.0931 e. The molecule has 0 bridgehead atoms. The van der Waals surface area contributed by atoms with Gasteiger partial charge in [-0.25, -0.2) is 0 Å². The van der Waals surface area contributed by atoms with E-state index in [1.807, 2.05) is 36.0 Å². The largest absolute Gasteiger partial charge is 0.313 e. The molecule has 1 atom stereocenters. The Morgan fingerprint density at radius 2 is 2.10 bits per heavy atom. The molecule has 0 radical (unpaired) electrons. The lowest BCUT2D eigenvalue weighted by molar-refractivity contribution is 0.576. The molecule has 2 rings (SSSR count). The van der Waals surface area contributed by atoms with Gasteiger partial charge in [-0.3, -0.25) is 0 Å². The Hall–Kier alpha value is -0.190. The van der Waals surface area contributed by atoms with E-state index in [9.17, 15) is 0 Å². The van der Waals surface area contributed by atoms with Crippen LogP contribution in [0.1, 0.15) is 11.8 Å². The molecule has 1 heterocycles. The van der Waals surface area contributed by atoms with Crippen molar-refractivity contribution in [2.45, 2.75) is 24.3 Å². The highest BCUT2D eigenvalue weighted by Crippen LogP contribution is 2.26. The second-order valence-electron chi connectivity index (χ2n) is 4.43. The topological polar surface area (TPSA) is 12.0 Å². The number of likely N-dealkylation sites (N-methyl/N-ethyl adjacent to an activating group) is 1. The van der Waals surface area contributed by atoms with Crippen molar-refractivity contribution in [3.8, 4) is 0 Å². The SMILES string of the molecule is CCNC(CSc1cccc(Cl)c1)Cc1ccc(Cl)s1. The molecule has 2 aromatic rings. The lowest BCUT2D eigenvalue weighted by Gasteiger charge is -2.16. The van der Waals surface area contributed by atoms with Crippen LogP contribution in [-0.4, -0.2) is 18.3 Å². The Kier molecular flexibility index (Phi) is 6.72. The van der Waals surface area contributed by atoms with E-state index in [2.05, 4.69) is 24.4 Å². The summed E-state index contributed by atoms with van der Waals surface area (Å²) < 4.78 is 0.859. The Labute approximate surface area is 138 Å². The van der Waals surface area contributed by atoms with Crippen LogP contribution < -0.4 is 5.32 Å². The number of thioether (sulfide) groups is 1. The molecule has 0 aliphatic heterocycles. The third kappa shape index (κ3) is 5.30. The van der Waals surface area contributed by atoms with Crippen LogP contribution in [0.25, 0.3) is 0 Å². The van der Waals surface area contributed by atoms with Gasteiger partial charge in [0.15, 0.2) is 0 Å². The Balaban J connectivity index is 1.91. The highest BCUT2D eigenvalue weighted by Gasteiger charge is 2.11. The van der Waals surface area contributed by atoms with Crippen LogP contribution >= 0.6 is 46.3 Å². The van der Waals surface area contributed by atoms with Crippen molar-refractivity contribution in [3.05, 3.63) is 50.6 Å². The average molecular weight is 346 g/mol. The van der Waals surface area contributed by atoms with Crippen molar-refractivity contribution in [3.63, 3.8) is 0 Å². The molecule has 5 heteroatoms. The van der Waals surface area contributed by atoms with Crippen molar-refractivity contribution in [1.29, 1.82) is 0 Å². The van der Waals surface area contributed by atoms with Gasteiger partial charge in [0.25, 0.3) is 0 Å². The highest BCUT2D eigenvalue weighted by molar-refractivity contribution is 7.99. The predicted octanol–water partition coefficient (Wildman–Crippen LogP) is 5.37. The third-order valence-corrected chi connectivity index (χ3v) is 5.46. The molecule has 0 spiro atoms. The van der Waals surface area contributed by atoms with Crippen molar-refractivity contribution in [2.24, 2.45) is 0 Å². The van der Waals surface area contributed by atoms with Crippen LogP contribution in [0.4, 0.5) is 0 Å². The lowest BCUT2D eigenvalue weighted by atomic mass is 10.2. The summed E-state index contributed by atoms with van der Waals surface area (Å²) in [4.78, 5) is 2.54. The van der Waals surface area contributed by atoms with Gasteiger partial charge < -0.3 is 5.32 Å². The minimum absolute atomic E-state index is 0.443. The van der Waals surface area contributed by atoms with E-state index in [4.69, 9.17) is 23.2 Å². The molecule has 0 aliphatic carbocycles. The monoisotopic (exact) mass is 345 g/mol. The number of nitrogens with one attached hydrogen (secondary N) is 1.